The van der Waals surface area contributed by atoms with Gasteiger partial charge in [0.25, 0.3) is 5.91 Å². The molecule has 0 atom stereocenters. The molecule has 0 bridgehead atoms. The molecule has 35 heavy (non-hydrogen) atoms. The van der Waals surface area contributed by atoms with E-state index < -0.39 is 0 Å². The number of aromatic amines is 1. The lowest BCUT2D eigenvalue weighted by molar-refractivity contribution is 0.0773. The largest absolute Gasteiger partial charge is 0.486 e. The Balaban J connectivity index is 1.17. The van der Waals surface area contributed by atoms with Crippen LogP contribution in [0.1, 0.15) is 22.3 Å². The second-order valence-corrected chi connectivity index (χ2v) is 8.67. The molecule has 3 heterocycles. The predicted molar refractivity (Wildman–Crippen MR) is 135 cm³/mol. The van der Waals surface area contributed by atoms with E-state index in [1.807, 2.05) is 71.6 Å². The Bertz CT molecular complexity index is 1390. The number of hydrogen-bond acceptors (Lipinski definition) is 4. The van der Waals surface area contributed by atoms with Crippen molar-refractivity contribution in [1.82, 2.24) is 15.1 Å². The van der Waals surface area contributed by atoms with Crippen LogP contribution in [-0.2, 0) is 0 Å². The monoisotopic (exact) mass is 463 g/mol. The third kappa shape index (κ3) is 4.19. The van der Waals surface area contributed by atoms with Crippen molar-refractivity contribution in [2.24, 2.45) is 0 Å². The summed E-state index contributed by atoms with van der Waals surface area (Å²) < 4.78 is 11.5. The molecular formula is C29H25N3O3. The molecule has 0 saturated heterocycles. The minimum absolute atomic E-state index is 0.0516. The number of benzene rings is 3. The van der Waals surface area contributed by atoms with Gasteiger partial charge in [-0.15, -0.1) is 0 Å². The van der Waals surface area contributed by atoms with E-state index >= 15 is 0 Å². The van der Waals surface area contributed by atoms with Crippen LogP contribution in [0.4, 0.5) is 0 Å². The van der Waals surface area contributed by atoms with E-state index in [4.69, 9.17) is 9.47 Å². The first-order valence-electron chi connectivity index (χ1n) is 11.8. The maximum Gasteiger partial charge on any atom is 0.254 e. The molecule has 3 aromatic carbocycles. The number of H-pyrrole nitrogens is 1. The van der Waals surface area contributed by atoms with Gasteiger partial charge in [-0.3, -0.25) is 9.89 Å². The van der Waals surface area contributed by atoms with Gasteiger partial charge in [-0.25, -0.2) is 0 Å². The number of carbonyl (C=O) groups excluding carboxylic acids is 1. The molecule has 0 fully saturated rings. The SMILES string of the molecule is O=C(c1ccc(-c2cc(-c3cccc4c3OCCO4)[nH]n2)cc1)N1CC=C(c2ccccc2)CC1. The fourth-order valence-corrected chi connectivity index (χ4v) is 4.63. The molecule has 6 nitrogen and oxygen atoms in total. The van der Waals surface area contributed by atoms with E-state index in [-0.39, 0.29) is 5.91 Å². The van der Waals surface area contributed by atoms with Crippen LogP contribution < -0.4 is 9.47 Å². The second kappa shape index (κ2) is 9.14. The highest BCUT2D eigenvalue weighted by molar-refractivity contribution is 5.95. The lowest BCUT2D eigenvalue weighted by Gasteiger charge is -2.27. The van der Waals surface area contributed by atoms with E-state index in [0.29, 0.717) is 25.3 Å². The lowest BCUT2D eigenvalue weighted by Crippen LogP contribution is -2.34. The Morgan fingerprint density at radius 3 is 2.51 bits per heavy atom. The van der Waals surface area contributed by atoms with Gasteiger partial charge in [-0.05, 0) is 47.9 Å². The van der Waals surface area contributed by atoms with Crippen LogP contribution >= 0.6 is 0 Å². The highest BCUT2D eigenvalue weighted by Crippen LogP contribution is 2.39. The van der Waals surface area contributed by atoms with E-state index in [0.717, 1.165) is 47.0 Å². The van der Waals surface area contributed by atoms with Crippen LogP contribution in [-0.4, -0.2) is 47.3 Å². The molecule has 1 aromatic heterocycles. The number of nitrogens with zero attached hydrogens (tertiary/aromatic N) is 2. The maximum absolute atomic E-state index is 13.1. The third-order valence-electron chi connectivity index (χ3n) is 6.50. The van der Waals surface area contributed by atoms with E-state index in [1.165, 1.54) is 11.1 Å². The molecule has 0 radical (unpaired) electrons. The zero-order chi connectivity index (χ0) is 23.6. The van der Waals surface area contributed by atoms with Gasteiger partial charge in [0.15, 0.2) is 11.5 Å². The molecule has 1 amide bonds. The molecule has 0 saturated carbocycles. The van der Waals surface area contributed by atoms with Crippen molar-refractivity contribution >= 4 is 11.5 Å². The molecule has 174 valence electrons. The van der Waals surface area contributed by atoms with Crippen LogP contribution in [0.25, 0.3) is 28.1 Å². The summed E-state index contributed by atoms with van der Waals surface area (Å²) in [5.74, 6) is 1.54. The van der Waals surface area contributed by atoms with Crippen LogP contribution in [0.3, 0.4) is 0 Å². The lowest BCUT2D eigenvalue weighted by atomic mass is 9.99. The highest BCUT2D eigenvalue weighted by atomic mass is 16.6. The summed E-state index contributed by atoms with van der Waals surface area (Å²) in [7, 11) is 0. The summed E-state index contributed by atoms with van der Waals surface area (Å²) in [5, 5.41) is 7.60. The number of hydrogen-bond donors (Lipinski definition) is 1. The Labute approximate surface area is 203 Å². The summed E-state index contributed by atoms with van der Waals surface area (Å²) in [6.07, 6.45) is 3.02. The zero-order valence-corrected chi connectivity index (χ0v) is 19.2. The summed E-state index contributed by atoms with van der Waals surface area (Å²) in [4.78, 5) is 15.0. The average Bonchev–Trinajstić information content (AvgIpc) is 3.43. The summed E-state index contributed by atoms with van der Waals surface area (Å²) in [5.41, 5.74) is 6.74. The Morgan fingerprint density at radius 2 is 1.71 bits per heavy atom. The minimum Gasteiger partial charge on any atom is -0.486 e. The van der Waals surface area contributed by atoms with Gasteiger partial charge in [0.2, 0.25) is 0 Å². The Hall–Kier alpha value is -4.32. The van der Waals surface area contributed by atoms with Crippen molar-refractivity contribution in [3.05, 3.63) is 96.1 Å². The summed E-state index contributed by atoms with van der Waals surface area (Å²) in [6, 6.07) is 25.8. The van der Waals surface area contributed by atoms with Crippen molar-refractivity contribution in [3.63, 3.8) is 0 Å². The standard InChI is InChI=1S/C29H25N3O3/c33-29(32-15-13-21(14-16-32)20-5-2-1-3-6-20)23-11-9-22(10-12-23)25-19-26(31-30-25)24-7-4-8-27-28(24)35-18-17-34-27/h1-13,19H,14-18H2,(H,30,31). The van der Waals surface area contributed by atoms with Crippen molar-refractivity contribution in [1.29, 1.82) is 0 Å². The summed E-state index contributed by atoms with van der Waals surface area (Å²) in [6.45, 7) is 2.43. The molecule has 6 rings (SSSR count). The first kappa shape index (κ1) is 21.2. The van der Waals surface area contributed by atoms with Crippen LogP contribution in [0.5, 0.6) is 11.5 Å². The third-order valence-corrected chi connectivity index (χ3v) is 6.50. The number of amides is 1. The van der Waals surface area contributed by atoms with Crippen molar-refractivity contribution < 1.29 is 14.3 Å². The number of carbonyl (C=O) groups is 1. The molecule has 2 aliphatic heterocycles. The zero-order valence-electron chi connectivity index (χ0n) is 19.2. The van der Waals surface area contributed by atoms with Gasteiger partial charge in [-0.1, -0.05) is 54.6 Å². The first-order chi connectivity index (χ1) is 17.3. The number of rotatable bonds is 4. The topological polar surface area (TPSA) is 67.5 Å². The van der Waals surface area contributed by atoms with Crippen LogP contribution in [0.2, 0.25) is 0 Å². The fourth-order valence-electron chi connectivity index (χ4n) is 4.63. The number of aromatic nitrogens is 2. The molecular weight excluding hydrogens is 438 g/mol. The quantitative estimate of drug-likeness (QED) is 0.437. The molecule has 4 aromatic rings. The van der Waals surface area contributed by atoms with E-state index in [2.05, 4.69) is 28.4 Å². The van der Waals surface area contributed by atoms with Gasteiger partial charge < -0.3 is 14.4 Å². The smallest absolute Gasteiger partial charge is 0.254 e. The molecule has 0 spiro atoms. The van der Waals surface area contributed by atoms with E-state index in [1.54, 1.807) is 0 Å². The maximum atomic E-state index is 13.1. The van der Waals surface area contributed by atoms with Gasteiger partial charge in [-0.2, -0.15) is 5.10 Å². The van der Waals surface area contributed by atoms with Gasteiger partial charge in [0, 0.05) is 29.8 Å². The van der Waals surface area contributed by atoms with Crippen molar-refractivity contribution in [3.8, 4) is 34.0 Å². The van der Waals surface area contributed by atoms with E-state index in [9.17, 15) is 4.79 Å². The molecule has 1 N–H and O–H groups in total. The predicted octanol–water partition coefficient (Wildman–Crippen LogP) is 5.44. The Kier molecular flexibility index (Phi) is 5.54. The normalized spacial score (nSPS) is 15.0. The Morgan fingerprint density at radius 1 is 0.886 bits per heavy atom. The fraction of sp³-hybridized carbons (Fsp3) is 0.172. The van der Waals surface area contributed by atoms with Crippen molar-refractivity contribution in [2.75, 3.05) is 26.3 Å². The molecule has 6 heteroatoms. The van der Waals surface area contributed by atoms with Gasteiger partial charge in [0.1, 0.15) is 13.2 Å². The van der Waals surface area contributed by atoms with Crippen LogP contribution in [0, 0.1) is 0 Å². The molecule has 0 aliphatic carbocycles. The number of para-hydroxylation sites is 1. The van der Waals surface area contributed by atoms with Crippen molar-refractivity contribution in [2.45, 2.75) is 6.42 Å². The first-order valence-corrected chi connectivity index (χ1v) is 11.8. The summed E-state index contributed by atoms with van der Waals surface area (Å²) >= 11 is 0. The van der Waals surface area contributed by atoms with Crippen LogP contribution in [0.15, 0.2) is 84.9 Å². The average molecular weight is 464 g/mol. The van der Waals surface area contributed by atoms with Gasteiger partial charge >= 0.3 is 0 Å². The highest BCUT2D eigenvalue weighted by Gasteiger charge is 2.21. The van der Waals surface area contributed by atoms with Gasteiger partial charge in [0.05, 0.1) is 11.4 Å². The number of ether oxygens (including phenoxy) is 2. The molecule has 2 aliphatic rings. The number of fused-ring (bicyclic) bond motifs is 1. The number of nitrogens with one attached hydrogen (secondary N) is 1. The molecule has 0 unspecified atom stereocenters. The minimum atomic E-state index is 0.0516. The second-order valence-electron chi connectivity index (χ2n) is 8.67.